The van der Waals surface area contributed by atoms with E-state index in [4.69, 9.17) is 9.47 Å². The van der Waals surface area contributed by atoms with Gasteiger partial charge < -0.3 is 9.47 Å². The maximum atomic E-state index is 12.7. The molecular formula is C20H17BrN4O4. The molecule has 9 heteroatoms. The molecule has 2 heterocycles. The molecule has 29 heavy (non-hydrogen) atoms. The molecule has 0 atom stereocenters. The minimum absolute atomic E-state index is 0.100. The van der Waals surface area contributed by atoms with Crippen LogP contribution in [-0.2, 0) is 17.9 Å². The van der Waals surface area contributed by atoms with Crippen LogP contribution in [0.1, 0.15) is 23.1 Å². The number of methoxy groups -OCH3 is 1. The van der Waals surface area contributed by atoms with E-state index in [9.17, 15) is 9.59 Å². The number of rotatable bonds is 5. The highest BCUT2D eigenvalue weighted by Crippen LogP contribution is 2.27. The van der Waals surface area contributed by atoms with Crippen LogP contribution in [0.15, 0.2) is 51.7 Å². The summed E-state index contributed by atoms with van der Waals surface area (Å²) in [5.74, 6) is 1.14. The third kappa shape index (κ3) is 3.27. The van der Waals surface area contributed by atoms with Gasteiger partial charge in [0, 0.05) is 6.54 Å². The van der Waals surface area contributed by atoms with Crippen LogP contribution in [0.4, 0.5) is 0 Å². The molecule has 4 rings (SSSR count). The molecule has 2 aromatic heterocycles. The van der Waals surface area contributed by atoms with E-state index in [0.717, 1.165) is 5.52 Å². The summed E-state index contributed by atoms with van der Waals surface area (Å²) in [5.41, 5.74) is 1.04. The van der Waals surface area contributed by atoms with Crippen molar-refractivity contribution in [3.05, 3.63) is 68.7 Å². The third-order valence-corrected chi connectivity index (χ3v) is 5.22. The van der Waals surface area contributed by atoms with Gasteiger partial charge in [-0.2, -0.15) is 0 Å². The molecule has 4 aromatic rings. The predicted molar refractivity (Wildman–Crippen MR) is 110 cm³/mol. The Morgan fingerprint density at radius 3 is 2.69 bits per heavy atom. The molecule has 0 saturated carbocycles. The molecule has 0 saturated heterocycles. The Balaban J connectivity index is 1.74. The van der Waals surface area contributed by atoms with Crippen LogP contribution in [0.25, 0.3) is 16.7 Å². The standard InChI is InChI=1S/C20H17BrN4O4/c1-3-24-18(26)13-6-4-5-7-15(13)25-17(22-23-20(24)25)11-29-16-9-8-12(10-14(16)21)19(27)28-2/h4-10H,3,11H2,1-2H3. The monoisotopic (exact) mass is 456 g/mol. The fourth-order valence-corrected chi connectivity index (χ4v) is 3.69. The molecule has 0 N–H and O–H groups in total. The van der Waals surface area contributed by atoms with Crippen molar-refractivity contribution in [2.45, 2.75) is 20.1 Å². The summed E-state index contributed by atoms with van der Waals surface area (Å²) in [4.78, 5) is 24.4. The first kappa shape index (κ1) is 19.1. The molecule has 0 aliphatic carbocycles. The molecule has 0 aliphatic rings. The van der Waals surface area contributed by atoms with Gasteiger partial charge in [0.25, 0.3) is 5.56 Å². The van der Waals surface area contributed by atoms with Crippen LogP contribution in [0.3, 0.4) is 0 Å². The summed E-state index contributed by atoms with van der Waals surface area (Å²) in [6.07, 6.45) is 0. The van der Waals surface area contributed by atoms with Gasteiger partial charge in [-0.05, 0) is 53.2 Å². The van der Waals surface area contributed by atoms with Gasteiger partial charge in [0.15, 0.2) is 5.82 Å². The minimum Gasteiger partial charge on any atom is -0.484 e. The van der Waals surface area contributed by atoms with Crippen molar-refractivity contribution in [2.75, 3.05) is 7.11 Å². The zero-order valence-electron chi connectivity index (χ0n) is 15.8. The lowest BCUT2D eigenvalue weighted by Gasteiger charge is -2.11. The van der Waals surface area contributed by atoms with Gasteiger partial charge in [0.05, 0.1) is 28.0 Å². The number of nitrogens with zero attached hydrogens (tertiary/aromatic N) is 4. The van der Waals surface area contributed by atoms with Gasteiger partial charge in [0.1, 0.15) is 12.4 Å². The molecule has 0 fully saturated rings. The Morgan fingerprint density at radius 1 is 1.17 bits per heavy atom. The zero-order valence-corrected chi connectivity index (χ0v) is 17.3. The van der Waals surface area contributed by atoms with Crippen molar-refractivity contribution < 1.29 is 14.3 Å². The fourth-order valence-electron chi connectivity index (χ4n) is 3.20. The number of carbonyl (C=O) groups is 1. The zero-order chi connectivity index (χ0) is 20.5. The first-order valence-corrected chi connectivity index (χ1v) is 9.70. The summed E-state index contributed by atoms with van der Waals surface area (Å²) in [6.45, 7) is 2.50. The largest absolute Gasteiger partial charge is 0.484 e. The number of para-hydroxylation sites is 1. The summed E-state index contributed by atoms with van der Waals surface area (Å²) in [6, 6.07) is 12.3. The van der Waals surface area contributed by atoms with Gasteiger partial charge in [0.2, 0.25) is 5.78 Å². The molecule has 0 unspecified atom stereocenters. The highest BCUT2D eigenvalue weighted by molar-refractivity contribution is 9.10. The molecule has 8 nitrogen and oxygen atoms in total. The number of hydrogen-bond donors (Lipinski definition) is 0. The van der Waals surface area contributed by atoms with E-state index in [0.29, 0.717) is 39.3 Å². The van der Waals surface area contributed by atoms with Crippen LogP contribution >= 0.6 is 15.9 Å². The molecule has 2 aromatic carbocycles. The molecule has 0 spiro atoms. The van der Waals surface area contributed by atoms with E-state index in [1.54, 1.807) is 28.8 Å². The number of aromatic nitrogens is 4. The Kier molecular flexibility index (Phi) is 5.06. The Labute approximate surface area is 173 Å². The number of carbonyl (C=O) groups excluding carboxylic acids is 1. The highest BCUT2D eigenvalue weighted by Gasteiger charge is 2.16. The Morgan fingerprint density at radius 2 is 1.97 bits per heavy atom. The van der Waals surface area contributed by atoms with Crippen LogP contribution < -0.4 is 10.3 Å². The highest BCUT2D eigenvalue weighted by atomic mass is 79.9. The van der Waals surface area contributed by atoms with Crippen molar-refractivity contribution in [1.82, 2.24) is 19.2 Å². The van der Waals surface area contributed by atoms with Gasteiger partial charge in [-0.15, -0.1) is 10.2 Å². The normalized spacial score (nSPS) is 11.1. The smallest absolute Gasteiger partial charge is 0.337 e. The number of fused-ring (bicyclic) bond motifs is 3. The summed E-state index contributed by atoms with van der Waals surface area (Å²) < 4.78 is 14.6. The average molecular weight is 457 g/mol. The number of esters is 1. The fraction of sp³-hybridized carbons (Fsp3) is 0.200. The van der Waals surface area contributed by atoms with E-state index in [1.165, 1.54) is 7.11 Å². The molecular weight excluding hydrogens is 440 g/mol. The van der Waals surface area contributed by atoms with E-state index in [2.05, 4.69) is 26.1 Å². The average Bonchev–Trinajstić information content (AvgIpc) is 3.16. The van der Waals surface area contributed by atoms with Crippen molar-refractivity contribution in [3.63, 3.8) is 0 Å². The van der Waals surface area contributed by atoms with E-state index < -0.39 is 5.97 Å². The number of halogens is 1. The Hall–Kier alpha value is -3.20. The van der Waals surface area contributed by atoms with Crippen molar-refractivity contribution in [3.8, 4) is 5.75 Å². The third-order valence-electron chi connectivity index (χ3n) is 4.60. The quantitative estimate of drug-likeness (QED) is 0.428. The first-order valence-electron chi connectivity index (χ1n) is 8.91. The molecule has 0 amide bonds. The molecule has 0 bridgehead atoms. The van der Waals surface area contributed by atoms with E-state index >= 15 is 0 Å². The lowest BCUT2D eigenvalue weighted by molar-refractivity contribution is 0.0600. The van der Waals surface area contributed by atoms with E-state index in [-0.39, 0.29) is 12.2 Å². The topological polar surface area (TPSA) is 87.7 Å². The lowest BCUT2D eigenvalue weighted by Crippen LogP contribution is -2.22. The second-order valence-corrected chi connectivity index (χ2v) is 7.10. The van der Waals surface area contributed by atoms with Crippen molar-refractivity contribution in [1.29, 1.82) is 0 Å². The van der Waals surface area contributed by atoms with Crippen molar-refractivity contribution >= 4 is 38.6 Å². The van der Waals surface area contributed by atoms with Gasteiger partial charge in [-0.1, -0.05) is 12.1 Å². The number of ether oxygens (including phenoxy) is 2. The number of hydrogen-bond acceptors (Lipinski definition) is 6. The number of aryl methyl sites for hydroxylation is 1. The van der Waals surface area contributed by atoms with Crippen LogP contribution in [-0.4, -0.2) is 32.2 Å². The number of benzene rings is 2. The second-order valence-electron chi connectivity index (χ2n) is 6.24. The Bertz CT molecular complexity index is 1300. The van der Waals surface area contributed by atoms with Crippen molar-refractivity contribution in [2.24, 2.45) is 0 Å². The van der Waals surface area contributed by atoms with E-state index in [1.807, 2.05) is 29.5 Å². The lowest BCUT2D eigenvalue weighted by atomic mass is 10.2. The predicted octanol–water partition coefficient (Wildman–Crippen LogP) is 3.19. The van der Waals surface area contributed by atoms with Gasteiger partial charge >= 0.3 is 5.97 Å². The summed E-state index contributed by atoms with van der Waals surface area (Å²) in [7, 11) is 1.33. The van der Waals surface area contributed by atoms with Crippen LogP contribution in [0.2, 0.25) is 0 Å². The van der Waals surface area contributed by atoms with Crippen LogP contribution in [0, 0.1) is 0 Å². The summed E-state index contributed by atoms with van der Waals surface area (Å²) >= 11 is 3.41. The van der Waals surface area contributed by atoms with Gasteiger partial charge in [-0.3, -0.25) is 13.8 Å². The molecule has 148 valence electrons. The molecule has 0 radical (unpaired) electrons. The summed E-state index contributed by atoms with van der Waals surface area (Å²) in [5, 5.41) is 9.03. The minimum atomic E-state index is -0.426. The van der Waals surface area contributed by atoms with Gasteiger partial charge in [-0.25, -0.2) is 4.79 Å². The molecule has 0 aliphatic heterocycles. The second kappa shape index (κ2) is 7.67. The maximum absolute atomic E-state index is 12.7. The SMILES string of the molecule is CCn1c(=O)c2ccccc2n2c(COc3ccc(C(=O)OC)cc3Br)nnc12. The maximum Gasteiger partial charge on any atom is 0.337 e. The first-order chi connectivity index (χ1) is 14.0. The van der Waals surface area contributed by atoms with Crippen LogP contribution in [0.5, 0.6) is 5.75 Å².